The average molecular weight is 354 g/mol. The predicted octanol–water partition coefficient (Wildman–Crippen LogP) is 5.41. The fourth-order valence-electron chi connectivity index (χ4n) is 1.78. The number of aromatic nitrogens is 1. The quantitative estimate of drug-likeness (QED) is 0.603. The highest BCUT2D eigenvalue weighted by molar-refractivity contribution is 7.80. The topological polar surface area (TPSA) is 37.0 Å². The van der Waals surface area contributed by atoms with Gasteiger partial charge >= 0.3 is 0 Å². The van der Waals surface area contributed by atoms with Crippen LogP contribution in [-0.2, 0) is 0 Å². The molecule has 0 atom stereocenters. The number of fused-ring (bicyclic) bond motifs is 1. The van der Waals surface area contributed by atoms with Crippen LogP contribution >= 0.6 is 46.8 Å². The van der Waals surface area contributed by atoms with Crippen molar-refractivity contribution in [1.82, 2.24) is 4.98 Å². The molecule has 106 valence electrons. The zero-order valence-corrected chi connectivity index (χ0v) is 13.7. The van der Waals surface area contributed by atoms with Crippen molar-refractivity contribution in [2.24, 2.45) is 0 Å². The van der Waals surface area contributed by atoms with Crippen molar-refractivity contribution in [3.05, 3.63) is 52.5 Å². The summed E-state index contributed by atoms with van der Waals surface area (Å²) < 4.78 is 1.01. The van der Waals surface area contributed by atoms with Gasteiger partial charge in [-0.2, -0.15) is 0 Å². The van der Waals surface area contributed by atoms with Gasteiger partial charge in [0.15, 0.2) is 10.2 Å². The van der Waals surface area contributed by atoms with Crippen LogP contribution in [0.1, 0.15) is 0 Å². The number of hydrogen-bond donors (Lipinski definition) is 2. The normalized spacial score (nSPS) is 10.6. The molecule has 1 aromatic heterocycles. The molecule has 1 heterocycles. The van der Waals surface area contributed by atoms with Crippen LogP contribution in [0, 0.1) is 0 Å². The van der Waals surface area contributed by atoms with Crippen LogP contribution in [0.2, 0.25) is 10.0 Å². The molecule has 0 fully saturated rings. The minimum atomic E-state index is 0.429. The van der Waals surface area contributed by atoms with Gasteiger partial charge in [-0.3, -0.25) is 0 Å². The van der Waals surface area contributed by atoms with Crippen LogP contribution in [0.5, 0.6) is 0 Å². The molecule has 0 bridgehead atoms. The van der Waals surface area contributed by atoms with Gasteiger partial charge in [0.2, 0.25) is 0 Å². The van der Waals surface area contributed by atoms with E-state index in [4.69, 9.17) is 35.4 Å². The molecule has 0 spiro atoms. The number of para-hydroxylation sites is 2. The number of thiocarbonyl (C=S) groups is 1. The predicted molar refractivity (Wildman–Crippen MR) is 95.9 cm³/mol. The van der Waals surface area contributed by atoms with E-state index in [1.807, 2.05) is 36.4 Å². The van der Waals surface area contributed by atoms with E-state index in [2.05, 4.69) is 15.6 Å². The molecular formula is C14H9Cl2N3S2. The number of nitrogens with zero attached hydrogens (tertiary/aromatic N) is 1. The lowest BCUT2D eigenvalue weighted by atomic mass is 10.3. The van der Waals surface area contributed by atoms with Crippen molar-refractivity contribution in [1.29, 1.82) is 0 Å². The maximum atomic E-state index is 6.11. The molecule has 21 heavy (non-hydrogen) atoms. The number of nitrogens with one attached hydrogen (secondary N) is 2. The van der Waals surface area contributed by atoms with Gasteiger partial charge in [-0.1, -0.05) is 52.7 Å². The van der Waals surface area contributed by atoms with Gasteiger partial charge in [0.05, 0.1) is 20.4 Å². The molecule has 0 radical (unpaired) electrons. The molecule has 3 aromatic rings. The number of benzene rings is 2. The lowest BCUT2D eigenvalue weighted by Crippen LogP contribution is -2.19. The van der Waals surface area contributed by atoms with E-state index >= 15 is 0 Å². The Bertz CT molecular complexity index is 817. The second-order valence-electron chi connectivity index (χ2n) is 4.16. The van der Waals surface area contributed by atoms with E-state index in [-0.39, 0.29) is 0 Å². The van der Waals surface area contributed by atoms with E-state index < -0.39 is 0 Å². The molecule has 3 nitrogen and oxygen atoms in total. The highest BCUT2D eigenvalue weighted by Gasteiger charge is 2.08. The van der Waals surface area contributed by atoms with Gasteiger partial charge in [-0.25, -0.2) is 4.98 Å². The number of thiazole rings is 1. The Balaban J connectivity index is 1.77. The van der Waals surface area contributed by atoms with Crippen LogP contribution in [0.3, 0.4) is 0 Å². The van der Waals surface area contributed by atoms with Crippen molar-refractivity contribution in [3.63, 3.8) is 0 Å². The lowest BCUT2D eigenvalue weighted by Gasteiger charge is -2.09. The first-order valence-corrected chi connectivity index (χ1v) is 7.99. The molecule has 7 heteroatoms. The summed E-state index contributed by atoms with van der Waals surface area (Å²) in [6, 6.07) is 13.1. The zero-order valence-electron chi connectivity index (χ0n) is 10.6. The summed E-state index contributed by atoms with van der Waals surface area (Å²) in [6.45, 7) is 0. The molecular weight excluding hydrogens is 345 g/mol. The number of anilines is 2. The van der Waals surface area contributed by atoms with Crippen molar-refractivity contribution in [2.75, 3.05) is 10.6 Å². The van der Waals surface area contributed by atoms with E-state index in [0.717, 1.165) is 15.9 Å². The second kappa shape index (κ2) is 6.15. The second-order valence-corrected chi connectivity index (χ2v) is 6.42. The smallest absolute Gasteiger partial charge is 0.190 e. The number of hydrogen-bond acceptors (Lipinski definition) is 3. The summed E-state index contributed by atoms with van der Waals surface area (Å²) in [7, 11) is 0. The lowest BCUT2D eigenvalue weighted by molar-refractivity contribution is 1.47. The summed E-state index contributed by atoms with van der Waals surface area (Å²) in [5.41, 5.74) is 1.52. The summed E-state index contributed by atoms with van der Waals surface area (Å²) in [5, 5.41) is 8.43. The van der Waals surface area contributed by atoms with Gasteiger partial charge in [0.1, 0.15) is 5.52 Å². The highest BCUT2D eigenvalue weighted by Crippen LogP contribution is 2.30. The minimum Gasteiger partial charge on any atom is -0.331 e. The van der Waals surface area contributed by atoms with Gasteiger partial charge in [-0.15, -0.1) is 0 Å². The average Bonchev–Trinajstić information content (AvgIpc) is 2.85. The Morgan fingerprint density at radius 3 is 2.52 bits per heavy atom. The Morgan fingerprint density at radius 1 is 1.00 bits per heavy atom. The summed E-state index contributed by atoms with van der Waals surface area (Å²) >= 11 is 18.9. The molecule has 0 saturated carbocycles. The van der Waals surface area contributed by atoms with Gasteiger partial charge in [-0.05, 0) is 36.5 Å². The summed E-state index contributed by atoms with van der Waals surface area (Å²) in [4.78, 5) is 4.43. The summed E-state index contributed by atoms with van der Waals surface area (Å²) in [6.07, 6.45) is 0. The van der Waals surface area contributed by atoms with Gasteiger partial charge in [0, 0.05) is 0 Å². The SMILES string of the molecule is S=C(Nc1nc2c(Cl)cccc2s1)Nc1ccccc1Cl. The van der Waals surface area contributed by atoms with Crippen LogP contribution in [-0.4, -0.2) is 10.1 Å². The molecule has 2 N–H and O–H groups in total. The molecule has 0 unspecified atom stereocenters. The first-order valence-electron chi connectivity index (χ1n) is 6.01. The molecule has 0 aliphatic rings. The largest absolute Gasteiger partial charge is 0.331 e. The van der Waals surface area contributed by atoms with Crippen LogP contribution < -0.4 is 10.6 Å². The third-order valence-corrected chi connectivity index (χ3v) is 4.49. The zero-order chi connectivity index (χ0) is 14.8. The van der Waals surface area contributed by atoms with Crippen LogP contribution in [0.4, 0.5) is 10.8 Å². The third-order valence-electron chi connectivity index (χ3n) is 2.71. The molecule has 3 rings (SSSR count). The molecule has 2 aromatic carbocycles. The Morgan fingerprint density at radius 2 is 1.76 bits per heavy atom. The minimum absolute atomic E-state index is 0.429. The summed E-state index contributed by atoms with van der Waals surface area (Å²) in [5.74, 6) is 0. The van der Waals surface area contributed by atoms with Crippen molar-refractivity contribution in [3.8, 4) is 0 Å². The van der Waals surface area contributed by atoms with Crippen molar-refractivity contribution >= 4 is 72.9 Å². The standard InChI is InChI=1S/C14H9Cl2N3S2/c15-8-4-1-2-6-10(8)17-13(20)19-14-18-12-9(16)5-3-7-11(12)21-14/h1-7H,(H2,17,18,19,20). The maximum absolute atomic E-state index is 6.11. The maximum Gasteiger partial charge on any atom is 0.190 e. The van der Waals surface area contributed by atoms with E-state index in [1.165, 1.54) is 11.3 Å². The van der Waals surface area contributed by atoms with E-state index in [9.17, 15) is 0 Å². The van der Waals surface area contributed by atoms with Crippen LogP contribution in [0.25, 0.3) is 10.2 Å². The third kappa shape index (κ3) is 3.27. The Kier molecular flexibility index (Phi) is 4.26. The Labute approximate surface area is 140 Å². The van der Waals surface area contributed by atoms with E-state index in [0.29, 0.717) is 20.3 Å². The van der Waals surface area contributed by atoms with Crippen LogP contribution in [0.15, 0.2) is 42.5 Å². The van der Waals surface area contributed by atoms with E-state index in [1.54, 1.807) is 6.07 Å². The van der Waals surface area contributed by atoms with Gasteiger partial charge < -0.3 is 10.6 Å². The molecule has 0 aliphatic heterocycles. The number of rotatable bonds is 2. The first kappa shape index (κ1) is 14.5. The fraction of sp³-hybridized carbons (Fsp3) is 0. The molecule has 0 aliphatic carbocycles. The fourth-order valence-corrected chi connectivity index (χ4v) is 3.41. The number of halogens is 2. The first-order chi connectivity index (χ1) is 10.1. The van der Waals surface area contributed by atoms with Crippen molar-refractivity contribution in [2.45, 2.75) is 0 Å². The van der Waals surface area contributed by atoms with Crippen molar-refractivity contribution < 1.29 is 0 Å². The molecule has 0 amide bonds. The Hall–Kier alpha value is -1.40. The molecule has 0 saturated heterocycles. The van der Waals surface area contributed by atoms with Gasteiger partial charge in [0.25, 0.3) is 0 Å². The highest BCUT2D eigenvalue weighted by atomic mass is 35.5. The monoisotopic (exact) mass is 353 g/mol.